The molecule has 0 spiro atoms. The van der Waals surface area contributed by atoms with Crippen molar-refractivity contribution in [2.45, 2.75) is 32.2 Å². The van der Waals surface area contributed by atoms with E-state index in [1.54, 1.807) is 6.07 Å². The molecule has 0 radical (unpaired) electrons. The van der Waals surface area contributed by atoms with E-state index >= 15 is 0 Å². The first kappa shape index (κ1) is 14.3. The molecule has 2 N–H and O–H groups in total. The molecule has 114 valence electrons. The zero-order chi connectivity index (χ0) is 15.7. The van der Waals surface area contributed by atoms with Gasteiger partial charge in [0.1, 0.15) is 11.7 Å². The lowest BCUT2D eigenvalue weighted by Crippen LogP contribution is -2.21. The zero-order valence-electron chi connectivity index (χ0n) is 12.2. The van der Waals surface area contributed by atoms with E-state index in [9.17, 15) is 14.7 Å². The Kier molecular flexibility index (Phi) is 3.66. The number of hydrogen-bond acceptors (Lipinski definition) is 3. The lowest BCUT2D eigenvalue weighted by atomic mass is 9.99. The van der Waals surface area contributed by atoms with E-state index in [0.717, 1.165) is 24.2 Å². The number of nitrogens with one attached hydrogen (secondary N) is 1. The predicted octanol–water partition coefficient (Wildman–Crippen LogP) is 2.47. The maximum absolute atomic E-state index is 11.3. The molecule has 22 heavy (non-hydrogen) atoms. The third-order valence-electron chi connectivity index (χ3n) is 3.79. The van der Waals surface area contributed by atoms with Crippen LogP contribution in [0.1, 0.15) is 31.5 Å². The Morgan fingerprint density at radius 1 is 1.41 bits per heavy atom. The number of benzene rings is 1. The third-order valence-corrected chi connectivity index (χ3v) is 3.79. The summed E-state index contributed by atoms with van der Waals surface area (Å²) < 4.78 is 1.92. The van der Waals surface area contributed by atoms with Crippen LogP contribution >= 0.6 is 0 Å². The van der Waals surface area contributed by atoms with E-state index in [1.807, 2.05) is 29.0 Å². The second kappa shape index (κ2) is 5.63. The number of anilines is 1. The molecule has 1 atom stereocenters. The fourth-order valence-electron chi connectivity index (χ4n) is 2.81. The van der Waals surface area contributed by atoms with Crippen molar-refractivity contribution in [3.63, 3.8) is 0 Å². The number of nitrogens with zero attached hydrogens (tertiary/aromatic N) is 2. The lowest BCUT2D eigenvalue weighted by Gasteiger charge is -2.19. The number of aromatic nitrogens is 2. The summed E-state index contributed by atoms with van der Waals surface area (Å²) in [4.78, 5) is 27.0. The van der Waals surface area contributed by atoms with Crippen LogP contribution < -0.4 is 5.32 Å². The molecular weight excluding hydrogens is 282 g/mol. The molecule has 1 amide bonds. The van der Waals surface area contributed by atoms with Crippen molar-refractivity contribution in [3.05, 3.63) is 36.3 Å². The minimum atomic E-state index is -0.829. The van der Waals surface area contributed by atoms with Gasteiger partial charge in [-0.15, -0.1) is 0 Å². The molecule has 2 aromatic rings. The molecule has 1 aromatic heterocycles. The first-order chi connectivity index (χ1) is 10.5. The SMILES string of the molecule is CC(=O)Nc1cccc(-c2cn3c(n2)C(C(=O)O)CCC3)c1. The van der Waals surface area contributed by atoms with Crippen molar-refractivity contribution < 1.29 is 14.7 Å². The van der Waals surface area contributed by atoms with Gasteiger partial charge in [-0.1, -0.05) is 12.1 Å². The van der Waals surface area contributed by atoms with Crippen LogP contribution in [0.5, 0.6) is 0 Å². The smallest absolute Gasteiger partial charge is 0.314 e. The minimum absolute atomic E-state index is 0.132. The maximum atomic E-state index is 11.3. The van der Waals surface area contributed by atoms with Gasteiger partial charge in [0.25, 0.3) is 0 Å². The van der Waals surface area contributed by atoms with Gasteiger partial charge in [-0.2, -0.15) is 0 Å². The number of aryl methyl sites for hydroxylation is 1. The molecule has 1 aromatic carbocycles. The number of carboxylic acids is 1. The summed E-state index contributed by atoms with van der Waals surface area (Å²) in [6.07, 6.45) is 3.35. The average molecular weight is 299 g/mol. The van der Waals surface area contributed by atoms with Crippen molar-refractivity contribution in [3.8, 4) is 11.3 Å². The lowest BCUT2D eigenvalue weighted by molar-refractivity contribution is -0.139. The van der Waals surface area contributed by atoms with Crippen LogP contribution in [0.15, 0.2) is 30.5 Å². The van der Waals surface area contributed by atoms with Gasteiger partial charge in [0, 0.05) is 30.9 Å². The summed E-state index contributed by atoms with van der Waals surface area (Å²) in [5, 5.41) is 12.0. The Hall–Kier alpha value is -2.63. The van der Waals surface area contributed by atoms with Crippen molar-refractivity contribution in [2.24, 2.45) is 0 Å². The summed E-state index contributed by atoms with van der Waals surface area (Å²) in [6.45, 7) is 2.25. The molecule has 0 fully saturated rings. The topological polar surface area (TPSA) is 84.2 Å². The molecule has 1 unspecified atom stereocenters. The van der Waals surface area contributed by atoms with Crippen LogP contribution in [0, 0.1) is 0 Å². The standard InChI is InChI=1S/C16H17N3O3/c1-10(20)17-12-5-2-4-11(8-12)14-9-19-7-3-6-13(16(21)22)15(19)18-14/h2,4-5,8-9,13H,3,6-7H2,1H3,(H,17,20)(H,21,22). The van der Waals surface area contributed by atoms with Gasteiger partial charge >= 0.3 is 5.97 Å². The molecule has 1 aliphatic rings. The van der Waals surface area contributed by atoms with Gasteiger partial charge in [-0.05, 0) is 25.0 Å². The minimum Gasteiger partial charge on any atom is -0.481 e. The van der Waals surface area contributed by atoms with E-state index in [2.05, 4.69) is 10.3 Å². The highest BCUT2D eigenvalue weighted by Gasteiger charge is 2.28. The van der Waals surface area contributed by atoms with Gasteiger partial charge in [-0.25, -0.2) is 4.98 Å². The second-order valence-corrected chi connectivity index (χ2v) is 5.47. The van der Waals surface area contributed by atoms with Gasteiger partial charge in [-0.3, -0.25) is 9.59 Å². The first-order valence-electron chi connectivity index (χ1n) is 7.22. The van der Waals surface area contributed by atoms with E-state index in [4.69, 9.17) is 0 Å². The predicted molar refractivity (Wildman–Crippen MR) is 81.6 cm³/mol. The maximum Gasteiger partial charge on any atom is 0.314 e. The Morgan fingerprint density at radius 2 is 2.23 bits per heavy atom. The van der Waals surface area contributed by atoms with Gasteiger partial charge in [0.15, 0.2) is 0 Å². The van der Waals surface area contributed by atoms with E-state index in [0.29, 0.717) is 17.9 Å². The number of carboxylic acid groups (broad SMARTS) is 1. The molecule has 1 aliphatic heterocycles. The molecule has 0 aliphatic carbocycles. The summed E-state index contributed by atoms with van der Waals surface area (Å²) in [5.74, 6) is -0.892. The molecule has 0 bridgehead atoms. The summed E-state index contributed by atoms with van der Waals surface area (Å²) >= 11 is 0. The second-order valence-electron chi connectivity index (χ2n) is 5.47. The number of hydrogen-bond donors (Lipinski definition) is 2. The third kappa shape index (κ3) is 2.72. The molecule has 6 heteroatoms. The van der Waals surface area contributed by atoms with Crippen molar-refractivity contribution in [2.75, 3.05) is 5.32 Å². The van der Waals surface area contributed by atoms with Crippen LogP contribution in [0.2, 0.25) is 0 Å². The first-order valence-corrected chi connectivity index (χ1v) is 7.22. The van der Waals surface area contributed by atoms with Crippen molar-refractivity contribution >= 4 is 17.6 Å². The van der Waals surface area contributed by atoms with Gasteiger partial charge in [0.2, 0.25) is 5.91 Å². The number of fused-ring (bicyclic) bond motifs is 1. The van der Waals surface area contributed by atoms with E-state index in [-0.39, 0.29) is 5.91 Å². The number of carbonyl (C=O) groups is 2. The highest BCUT2D eigenvalue weighted by atomic mass is 16.4. The van der Waals surface area contributed by atoms with Crippen LogP contribution in [-0.2, 0) is 16.1 Å². The number of rotatable bonds is 3. The highest BCUT2D eigenvalue weighted by molar-refractivity contribution is 5.89. The largest absolute Gasteiger partial charge is 0.481 e. The fourth-order valence-corrected chi connectivity index (χ4v) is 2.81. The van der Waals surface area contributed by atoms with Crippen LogP contribution in [0.25, 0.3) is 11.3 Å². The van der Waals surface area contributed by atoms with Crippen LogP contribution in [-0.4, -0.2) is 26.5 Å². The quantitative estimate of drug-likeness (QED) is 0.912. The Bertz CT molecular complexity index is 736. The molecule has 0 saturated carbocycles. The number of amides is 1. The highest BCUT2D eigenvalue weighted by Crippen LogP contribution is 2.30. The van der Waals surface area contributed by atoms with E-state index < -0.39 is 11.9 Å². The molecule has 2 heterocycles. The van der Waals surface area contributed by atoms with Crippen LogP contribution in [0.3, 0.4) is 0 Å². The Morgan fingerprint density at radius 3 is 2.95 bits per heavy atom. The average Bonchev–Trinajstić information content (AvgIpc) is 2.90. The normalized spacial score (nSPS) is 16.9. The van der Waals surface area contributed by atoms with Crippen molar-refractivity contribution in [1.82, 2.24) is 9.55 Å². The molecule has 0 saturated heterocycles. The van der Waals surface area contributed by atoms with Crippen LogP contribution in [0.4, 0.5) is 5.69 Å². The monoisotopic (exact) mass is 299 g/mol. The Labute approximate surface area is 127 Å². The van der Waals surface area contributed by atoms with Crippen molar-refractivity contribution in [1.29, 1.82) is 0 Å². The van der Waals surface area contributed by atoms with E-state index in [1.165, 1.54) is 6.92 Å². The summed E-state index contributed by atoms with van der Waals surface area (Å²) in [6, 6.07) is 7.38. The van der Waals surface area contributed by atoms with Gasteiger partial charge in [0.05, 0.1) is 5.69 Å². The number of carbonyl (C=O) groups excluding carboxylic acids is 1. The number of aliphatic carboxylic acids is 1. The number of imidazole rings is 1. The summed E-state index contributed by atoms with van der Waals surface area (Å²) in [7, 11) is 0. The zero-order valence-corrected chi connectivity index (χ0v) is 12.2. The fraction of sp³-hybridized carbons (Fsp3) is 0.312. The van der Waals surface area contributed by atoms with Gasteiger partial charge < -0.3 is 15.0 Å². The molecular formula is C16H17N3O3. The molecule has 3 rings (SSSR count). The summed E-state index contributed by atoms with van der Waals surface area (Å²) in [5.41, 5.74) is 2.29. The Balaban J connectivity index is 1.96. The molecule has 6 nitrogen and oxygen atoms in total.